The van der Waals surface area contributed by atoms with Gasteiger partial charge in [-0.15, -0.1) is 0 Å². The Labute approximate surface area is 169 Å². The van der Waals surface area contributed by atoms with E-state index in [4.69, 9.17) is 9.97 Å². The summed E-state index contributed by atoms with van der Waals surface area (Å²) < 4.78 is 0. The van der Waals surface area contributed by atoms with Gasteiger partial charge in [-0.1, -0.05) is 18.2 Å². The Bertz CT molecular complexity index is 948. The second-order valence-corrected chi connectivity index (χ2v) is 8.41. The maximum absolute atomic E-state index is 12.7. The largest absolute Gasteiger partial charge is 0.353 e. The van der Waals surface area contributed by atoms with E-state index in [1.54, 1.807) is 11.3 Å². The zero-order valence-electron chi connectivity index (χ0n) is 16.4. The molecule has 1 unspecified atom stereocenters. The standard InChI is InChI=1S/C22H26N4OS/c1-15(13-17-9-12-28-14-17)23-21(27)18-7-10-26(11-8-18)22-24-16(2)19-5-3-4-6-20(19)25-22/h3-6,9,12,14-15,18H,7-8,10-11,13H2,1-2H3,(H,23,27). The number of carbonyl (C=O) groups is 1. The molecule has 0 bridgehead atoms. The first-order valence-corrected chi connectivity index (χ1v) is 10.8. The predicted octanol–water partition coefficient (Wildman–Crippen LogP) is 3.96. The third-order valence-corrected chi connectivity index (χ3v) is 6.17. The first-order valence-electron chi connectivity index (χ1n) is 9.90. The van der Waals surface area contributed by atoms with Crippen LogP contribution in [-0.4, -0.2) is 35.0 Å². The van der Waals surface area contributed by atoms with Gasteiger partial charge in [-0.2, -0.15) is 11.3 Å². The third kappa shape index (κ3) is 4.17. The van der Waals surface area contributed by atoms with Crippen LogP contribution in [0.2, 0.25) is 0 Å². The molecule has 3 aromatic rings. The Morgan fingerprint density at radius 3 is 2.79 bits per heavy atom. The van der Waals surface area contributed by atoms with E-state index in [-0.39, 0.29) is 17.9 Å². The second-order valence-electron chi connectivity index (χ2n) is 7.63. The predicted molar refractivity (Wildman–Crippen MR) is 115 cm³/mol. The number of piperidine rings is 1. The van der Waals surface area contributed by atoms with E-state index in [9.17, 15) is 4.79 Å². The van der Waals surface area contributed by atoms with Gasteiger partial charge < -0.3 is 10.2 Å². The molecular formula is C22H26N4OS. The van der Waals surface area contributed by atoms with Gasteiger partial charge in [0.2, 0.25) is 11.9 Å². The molecule has 1 aromatic carbocycles. The number of aryl methyl sites for hydroxylation is 1. The minimum absolute atomic E-state index is 0.0720. The van der Waals surface area contributed by atoms with E-state index >= 15 is 0 Å². The van der Waals surface area contributed by atoms with E-state index in [0.29, 0.717) is 0 Å². The summed E-state index contributed by atoms with van der Waals surface area (Å²) in [4.78, 5) is 24.3. The average molecular weight is 395 g/mol. The zero-order chi connectivity index (χ0) is 19.5. The minimum atomic E-state index is 0.0720. The van der Waals surface area contributed by atoms with E-state index in [1.807, 2.05) is 25.1 Å². The molecule has 6 heteroatoms. The molecule has 1 amide bonds. The molecule has 5 nitrogen and oxygen atoms in total. The number of benzene rings is 1. The van der Waals surface area contributed by atoms with E-state index in [0.717, 1.165) is 54.9 Å². The van der Waals surface area contributed by atoms with Gasteiger partial charge in [0.1, 0.15) is 0 Å². The molecular weight excluding hydrogens is 368 g/mol. The molecule has 4 rings (SSSR count). The number of fused-ring (bicyclic) bond motifs is 1. The van der Waals surface area contributed by atoms with Crippen LogP contribution in [-0.2, 0) is 11.2 Å². The highest BCUT2D eigenvalue weighted by Crippen LogP contribution is 2.24. The first kappa shape index (κ1) is 18.9. The van der Waals surface area contributed by atoms with Crippen molar-refractivity contribution in [1.29, 1.82) is 0 Å². The van der Waals surface area contributed by atoms with Crippen LogP contribution >= 0.6 is 11.3 Å². The average Bonchev–Trinajstić information content (AvgIpc) is 3.21. The summed E-state index contributed by atoms with van der Waals surface area (Å²) in [5, 5.41) is 8.51. The van der Waals surface area contributed by atoms with Crippen molar-refractivity contribution in [2.24, 2.45) is 5.92 Å². The molecule has 1 atom stereocenters. The fraction of sp³-hybridized carbons (Fsp3) is 0.409. The smallest absolute Gasteiger partial charge is 0.226 e. The van der Waals surface area contributed by atoms with E-state index in [1.165, 1.54) is 5.56 Å². The van der Waals surface area contributed by atoms with Crippen LogP contribution in [0, 0.1) is 12.8 Å². The fourth-order valence-corrected chi connectivity index (χ4v) is 4.56. The molecule has 146 valence electrons. The van der Waals surface area contributed by atoms with Crippen molar-refractivity contribution >= 4 is 34.1 Å². The lowest BCUT2D eigenvalue weighted by Gasteiger charge is -2.32. The number of rotatable bonds is 5. The highest BCUT2D eigenvalue weighted by atomic mass is 32.1. The summed E-state index contributed by atoms with van der Waals surface area (Å²) in [7, 11) is 0. The van der Waals surface area contributed by atoms with Crippen LogP contribution in [0.1, 0.15) is 31.0 Å². The zero-order valence-corrected chi connectivity index (χ0v) is 17.2. The minimum Gasteiger partial charge on any atom is -0.353 e. The van der Waals surface area contributed by atoms with Gasteiger partial charge in [0, 0.05) is 30.4 Å². The lowest BCUT2D eigenvalue weighted by molar-refractivity contribution is -0.126. The van der Waals surface area contributed by atoms with Crippen LogP contribution in [0.25, 0.3) is 10.9 Å². The normalized spacial score (nSPS) is 16.3. The number of anilines is 1. The Morgan fingerprint density at radius 2 is 2.04 bits per heavy atom. The summed E-state index contributed by atoms with van der Waals surface area (Å²) in [5.41, 5.74) is 3.27. The van der Waals surface area contributed by atoms with E-state index in [2.05, 4.69) is 40.0 Å². The lowest BCUT2D eigenvalue weighted by atomic mass is 9.95. The molecule has 1 aliphatic rings. The van der Waals surface area contributed by atoms with Crippen LogP contribution in [0.4, 0.5) is 5.95 Å². The van der Waals surface area contributed by atoms with Crippen LogP contribution in [0.5, 0.6) is 0 Å². The monoisotopic (exact) mass is 394 g/mol. The number of hydrogen-bond acceptors (Lipinski definition) is 5. The Kier molecular flexibility index (Phi) is 5.57. The second kappa shape index (κ2) is 8.27. The van der Waals surface area contributed by atoms with Gasteiger partial charge in [0.05, 0.1) is 11.2 Å². The number of aromatic nitrogens is 2. The fourth-order valence-electron chi connectivity index (χ4n) is 3.88. The van der Waals surface area contributed by atoms with E-state index < -0.39 is 0 Å². The molecule has 1 fully saturated rings. The number of carbonyl (C=O) groups excluding carboxylic acids is 1. The molecule has 0 radical (unpaired) electrons. The van der Waals surface area contributed by atoms with Gasteiger partial charge in [0.15, 0.2) is 0 Å². The summed E-state index contributed by atoms with van der Waals surface area (Å²) in [6, 6.07) is 10.4. The number of nitrogens with one attached hydrogen (secondary N) is 1. The van der Waals surface area contributed by atoms with Gasteiger partial charge in [-0.25, -0.2) is 9.97 Å². The summed E-state index contributed by atoms with van der Waals surface area (Å²) in [6.07, 6.45) is 2.57. The van der Waals surface area contributed by atoms with Gasteiger partial charge >= 0.3 is 0 Å². The molecule has 3 heterocycles. The topological polar surface area (TPSA) is 58.1 Å². The maximum Gasteiger partial charge on any atom is 0.226 e. The van der Waals surface area contributed by atoms with Crippen molar-refractivity contribution in [3.8, 4) is 0 Å². The maximum atomic E-state index is 12.7. The van der Waals surface area contributed by atoms with Gasteiger partial charge in [0.25, 0.3) is 0 Å². The Morgan fingerprint density at radius 1 is 1.25 bits per heavy atom. The molecule has 28 heavy (non-hydrogen) atoms. The van der Waals surface area contributed by atoms with Crippen molar-refractivity contribution in [2.75, 3.05) is 18.0 Å². The van der Waals surface area contributed by atoms with Crippen molar-refractivity contribution in [3.63, 3.8) is 0 Å². The van der Waals surface area contributed by atoms with Crippen LogP contribution in [0.3, 0.4) is 0 Å². The molecule has 1 N–H and O–H groups in total. The van der Waals surface area contributed by atoms with Crippen molar-refractivity contribution < 1.29 is 4.79 Å². The number of amides is 1. The molecule has 1 saturated heterocycles. The van der Waals surface area contributed by atoms with Crippen LogP contribution < -0.4 is 10.2 Å². The van der Waals surface area contributed by atoms with Gasteiger partial charge in [-0.05, 0) is 61.6 Å². The summed E-state index contributed by atoms with van der Waals surface area (Å²) in [5.74, 6) is 1.03. The summed E-state index contributed by atoms with van der Waals surface area (Å²) >= 11 is 1.70. The van der Waals surface area contributed by atoms with Crippen LogP contribution in [0.15, 0.2) is 41.1 Å². The van der Waals surface area contributed by atoms with Crippen molar-refractivity contribution in [2.45, 2.75) is 39.2 Å². The van der Waals surface area contributed by atoms with Crippen molar-refractivity contribution in [1.82, 2.24) is 15.3 Å². The highest BCUT2D eigenvalue weighted by molar-refractivity contribution is 7.07. The summed E-state index contributed by atoms with van der Waals surface area (Å²) in [6.45, 7) is 5.74. The Hall–Kier alpha value is -2.47. The SMILES string of the molecule is Cc1nc(N2CCC(C(=O)NC(C)Cc3ccsc3)CC2)nc2ccccc12. The Balaban J connectivity index is 1.34. The molecule has 0 saturated carbocycles. The number of para-hydroxylation sites is 1. The highest BCUT2D eigenvalue weighted by Gasteiger charge is 2.27. The van der Waals surface area contributed by atoms with Crippen molar-refractivity contribution in [3.05, 3.63) is 52.3 Å². The number of thiophene rings is 1. The molecule has 0 spiro atoms. The quantitative estimate of drug-likeness (QED) is 0.712. The number of hydrogen-bond donors (Lipinski definition) is 1. The van der Waals surface area contributed by atoms with Gasteiger partial charge in [-0.3, -0.25) is 4.79 Å². The lowest BCUT2D eigenvalue weighted by Crippen LogP contribution is -2.44. The molecule has 0 aliphatic carbocycles. The molecule has 2 aromatic heterocycles. The number of nitrogens with zero attached hydrogens (tertiary/aromatic N) is 3. The molecule has 1 aliphatic heterocycles. The first-order chi connectivity index (χ1) is 13.6. The third-order valence-electron chi connectivity index (χ3n) is 5.44.